The molecule has 1 rings (SSSR count). The first-order chi connectivity index (χ1) is 6.11. The lowest BCUT2D eigenvalue weighted by molar-refractivity contribution is 0.932. The van der Waals surface area contributed by atoms with Crippen molar-refractivity contribution in [1.29, 1.82) is 0 Å². The molecule has 13 heavy (non-hydrogen) atoms. The lowest BCUT2D eigenvalue weighted by atomic mass is 10.2. The standard InChI is InChI=1S/C7H9NS.C3H9N/c1-5-2-3-6(8)4-7(5)9;1-2-3-4/h2-4,9H,8H2,1H3;2-4H2,1H3. The number of aryl methyl sites for hydroxylation is 1. The second-order valence-corrected chi connectivity index (χ2v) is 3.32. The number of benzene rings is 1. The third-order valence-corrected chi connectivity index (χ3v) is 2.00. The topological polar surface area (TPSA) is 52.0 Å². The van der Waals surface area contributed by atoms with Crippen LogP contribution in [0.5, 0.6) is 0 Å². The van der Waals surface area contributed by atoms with Crippen LogP contribution in [0.4, 0.5) is 5.69 Å². The van der Waals surface area contributed by atoms with E-state index in [1.54, 1.807) is 0 Å². The highest BCUT2D eigenvalue weighted by molar-refractivity contribution is 7.80. The van der Waals surface area contributed by atoms with E-state index < -0.39 is 0 Å². The van der Waals surface area contributed by atoms with E-state index in [0.717, 1.165) is 29.1 Å². The normalized spacial score (nSPS) is 8.92. The number of hydrogen-bond donors (Lipinski definition) is 3. The smallest absolute Gasteiger partial charge is 0.0325 e. The van der Waals surface area contributed by atoms with Crippen molar-refractivity contribution in [2.24, 2.45) is 5.73 Å². The molecule has 0 amide bonds. The van der Waals surface area contributed by atoms with Gasteiger partial charge in [0.2, 0.25) is 0 Å². The van der Waals surface area contributed by atoms with E-state index in [0.29, 0.717) is 0 Å². The molecule has 2 nitrogen and oxygen atoms in total. The van der Waals surface area contributed by atoms with Crippen LogP contribution in [0.1, 0.15) is 18.9 Å². The Labute approximate surface area is 85.7 Å². The lowest BCUT2D eigenvalue weighted by Gasteiger charge is -1.97. The molecule has 0 fully saturated rings. The van der Waals surface area contributed by atoms with E-state index in [1.807, 2.05) is 25.1 Å². The molecule has 0 saturated heterocycles. The van der Waals surface area contributed by atoms with Gasteiger partial charge in [0.25, 0.3) is 0 Å². The second-order valence-electron chi connectivity index (χ2n) is 2.83. The van der Waals surface area contributed by atoms with E-state index in [9.17, 15) is 0 Å². The Hall–Kier alpha value is -0.670. The zero-order valence-corrected chi connectivity index (χ0v) is 9.14. The number of thiol groups is 1. The number of nitrogens with two attached hydrogens (primary N) is 2. The molecule has 1 aromatic rings. The van der Waals surface area contributed by atoms with Crippen molar-refractivity contribution in [1.82, 2.24) is 0 Å². The molecule has 0 atom stereocenters. The first kappa shape index (κ1) is 12.3. The molecule has 74 valence electrons. The van der Waals surface area contributed by atoms with Gasteiger partial charge in [-0.15, -0.1) is 12.6 Å². The summed E-state index contributed by atoms with van der Waals surface area (Å²) in [5, 5.41) is 0. The van der Waals surface area contributed by atoms with Gasteiger partial charge < -0.3 is 11.5 Å². The van der Waals surface area contributed by atoms with Crippen LogP contribution in [0, 0.1) is 6.92 Å². The molecule has 1 aromatic carbocycles. The van der Waals surface area contributed by atoms with Gasteiger partial charge in [-0.05, 0) is 37.6 Å². The molecule has 0 aliphatic heterocycles. The molecular weight excluding hydrogens is 180 g/mol. The third-order valence-electron chi connectivity index (χ3n) is 1.52. The Balaban J connectivity index is 0.000000310. The summed E-state index contributed by atoms with van der Waals surface area (Å²) in [5.74, 6) is 0. The molecule has 0 aromatic heterocycles. The minimum Gasteiger partial charge on any atom is -0.399 e. The fraction of sp³-hybridized carbons (Fsp3) is 0.400. The summed E-state index contributed by atoms with van der Waals surface area (Å²) in [7, 11) is 0. The molecule has 0 saturated carbocycles. The van der Waals surface area contributed by atoms with Gasteiger partial charge >= 0.3 is 0 Å². The summed E-state index contributed by atoms with van der Waals surface area (Å²) in [6.07, 6.45) is 1.10. The molecule has 0 spiro atoms. The summed E-state index contributed by atoms with van der Waals surface area (Å²) in [6.45, 7) is 4.88. The molecule has 0 aliphatic carbocycles. The van der Waals surface area contributed by atoms with Crippen LogP contribution in [0.3, 0.4) is 0 Å². The molecule has 0 aliphatic rings. The first-order valence-electron chi connectivity index (χ1n) is 4.37. The molecule has 0 bridgehead atoms. The monoisotopic (exact) mass is 198 g/mol. The molecular formula is C10H18N2S. The van der Waals surface area contributed by atoms with Crippen molar-refractivity contribution in [2.45, 2.75) is 25.2 Å². The van der Waals surface area contributed by atoms with Crippen LogP contribution in [-0.2, 0) is 0 Å². The van der Waals surface area contributed by atoms with Gasteiger partial charge in [-0.1, -0.05) is 13.0 Å². The fourth-order valence-electron chi connectivity index (χ4n) is 0.626. The fourth-order valence-corrected chi connectivity index (χ4v) is 0.850. The quantitative estimate of drug-likeness (QED) is 0.479. The molecule has 0 radical (unpaired) electrons. The average molecular weight is 198 g/mol. The summed E-state index contributed by atoms with van der Waals surface area (Å²) in [5.41, 5.74) is 12.4. The van der Waals surface area contributed by atoms with Gasteiger partial charge in [0.05, 0.1) is 0 Å². The minimum atomic E-state index is 0.769. The van der Waals surface area contributed by atoms with Crippen LogP contribution in [0.2, 0.25) is 0 Å². The summed E-state index contributed by atoms with van der Waals surface area (Å²) >= 11 is 4.19. The van der Waals surface area contributed by atoms with Gasteiger partial charge in [-0.25, -0.2) is 0 Å². The zero-order valence-electron chi connectivity index (χ0n) is 8.25. The van der Waals surface area contributed by atoms with E-state index in [-0.39, 0.29) is 0 Å². The van der Waals surface area contributed by atoms with Crippen molar-refractivity contribution in [3.8, 4) is 0 Å². The van der Waals surface area contributed by atoms with Crippen molar-refractivity contribution in [3.05, 3.63) is 23.8 Å². The van der Waals surface area contributed by atoms with Crippen LogP contribution >= 0.6 is 12.6 Å². The zero-order chi connectivity index (χ0) is 10.3. The van der Waals surface area contributed by atoms with Crippen LogP contribution in [0.25, 0.3) is 0 Å². The maximum absolute atomic E-state index is 5.48. The Morgan fingerprint density at radius 3 is 2.23 bits per heavy atom. The van der Waals surface area contributed by atoms with Gasteiger partial charge in [-0.3, -0.25) is 0 Å². The Kier molecular flexibility index (Phi) is 6.45. The predicted octanol–water partition coefficient (Wildman–Crippen LogP) is 2.22. The Morgan fingerprint density at radius 2 is 1.92 bits per heavy atom. The maximum atomic E-state index is 5.48. The summed E-state index contributed by atoms with van der Waals surface area (Å²) < 4.78 is 0. The van der Waals surface area contributed by atoms with Crippen molar-refractivity contribution in [3.63, 3.8) is 0 Å². The number of rotatable bonds is 1. The summed E-state index contributed by atoms with van der Waals surface area (Å²) in [6, 6.07) is 5.67. The third kappa shape index (κ3) is 5.55. The number of anilines is 1. The van der Waals surface area contributed by atoms with E-state index in [1.165, 1.54) is 0 Å². The van der Waals surface area contributed by atoms with Crippen molar-refractivity contribution in [2.75, 3.05) is 12.3 Å². The Bertz CT molecular complexity index is 247. The molecule has 4 N–H and O–H groups in total. The van der Waals surface area contributed by atoms with Crippen LogP contribution in [0.15, 0.2) is 23.1 Å². The maximum Gasteiger partial charge on any atom is 0.0325 e. The van der Waals surface area contributed by atoms with Crippen molar-refractivity contribution < 1.29 is 0 Å². The largest absolute Gasteiger partial charge is 0.399 e. The molecule has 3 heteroatoms. The van der Waals surface area contributed by atoms with Crippen LogP contribution in [-0.4, -0.2) is 6.54 Å². The van der Waals surface area contributed by atoms with E-state index in [4.69, 9.17) is 11.5 Å². The van der Waals surface area contributed by atoms with Crippen molar-refractivity contribution >= 4 is 18.3 Å². The van der Waals surface area contributed by atoms with Gasteiger partial charge in [0, 0.05) is 10.6 Å². The summed E-state index contributed by atoms with van der Waals surface area (Å²) in [4.78, 5) is 0.954. The number of hydrogen-bond acceptors (Lipinski definition) is 3. The number of nitrogen functional groups attached to an aromatic ring is 1. The van der Waals surface area contributed by atoms with E-state index in [2.05, 4.69) is 19.6 Å². The van der Waals surface area contributed by atoms with Gasteiger partial charge in [0.15, 0.2) is 0 Å². The Morgan fingerprint density at radius 1 is 1.38 bits per heavy atom. The SMILES string of the molecule is CCCN.Cc1ccc(N)cc1S. The van der Waals surface area contributed by atoms with E-state index >= 15 is 0 Å². The first-order valence-corrected chi connectivity index (χ1v) is 4.81. The average Bonchev–Trinajstić information content (AvgIpc) is 2.12. The highest BCUT2D eigenvalue weighted by Crippen LogP contribution is 2.15. The van der Waals surface area contributed by atoms with Crippen LogP contribution < -0.4 is 11.5 Å². The molecule has 0 unspecified atom stereocenters. The minimum absolute atomic E-state index is 0.769. The second kappa shape index (κ2) is 6.80. The predicted molar refractivity (Wildman–Crippen MR) is 62.2 cm³/mol. The molecule has 0 heterocycles. The van der Waals surface area contributed by atoms with Gasteiger partial charge in [-0.2, -0.15) is 0 Å². The van der Waals surface area contributed by atoms with Gasteiger partial charge in [0.1, 0.15) is 0 Å². The highest BCUT2D eigenvalue weighted by Gasteiger charge is 1.90. The highest BCUT2D eigenvalue weighted by atomic mass is 32.1. The lowest BCUT2D eigenvalue weighted by Crippen LogP contribution is -1.93.